The van der Waals surface area contributed by atoms with Gasteiger partial charge in [-0.1, -0.05) is 43.2 Å². The Balaban J connectivity index is 0.00000144. The lowest BCUT2D eigenvalue weighted by molar-refractivity contribution is 0.638. The first-order chi connectivity index (χ1) is 5.74. The lowest BCUT2D eigenvalue weighted by Gasteiger charge is -2.10. The zero-order valence-electron chi connectivity index (χ0n) is 8.29. The molecule has 0 aromatic heterocycles. The number of hydrogen-bond acceptors (Lipinski definition) is 1. The fourth-order valence-corrected chi connectivity index (χ4v) is 1.38. The SMILES string of the molecule is CCC[C@H](N)c1cccc(C)c1.Cl. The van der Waals surface area contributed by atoms with Crippen LogP contribution in [0.25, 0.3) is 0 Å². The summed E-state index contributed by atoms with van der Waals surface area (Å²) in [6.45, 7) is 4.26. The second kappa shape index (κ2) is 6.01. The van der Waals surface area contributed by atoms with Gasteiger partial charge in [0.25, 0.3) is 0 Å². The van der Waals surface area contributed by atoms with Gasteiger partial charge in [0.1, 0.15) is 0 Å². The van der Waals surface area contributed by atoms with E-state index in [1.165, 1.54) is 11.1 Å². The smallest absolute Gasteiger partial charge is 0.0294 e. The van der Waals surface area contributed by atoms with E-state index in [-0.39, 0.29) is 18.4 Å². The average molecular weight is 200 g/mol. The number of hydrogen-bond donors (Lipinski definition) is 1. The van der Waals surface area contributed by atoms with Crippen molar-refractivity contribution < 1.29 is 0 Å². The van der Waals surface area contributed by atoms with Gasteiger partial charge >= 0.3 is 0 Å². The second-order valence-electron chi connectivity index (χ2n) is 3.31. The van der Waals surface area contributed by atoms with Crippen molar-refractivity contribution in [1.29, 1.82) is 0 Å². The molecule has 2 heteroatoms. The van der Waals surface area contributed by atoms with E-state index >= 15 is 0 Å². The summed E-state index contributed by atoms with van der Waals surface area (Å²) in [7, 11) is 0. The monoisotopic (exact) mass is 199 g/mol. The van der Waals surface area contributed by atoms with Crippen LogP contribution in [0.3, 0.4) is 0 Å². The molecule has 0 aliphatic carbocycles. The third kappa shape index (κ3) is 3.79. The summed E-state index contributed by atoms with van der Waals surface area (Å²) in [4.78, 5) is 0. The molecule has 2 N–H and O–H groups in total. The first-order valence-electron chi connectivity index (χ1n) is 4.56. The minimum Gasteiger partial charge on any atom is -0.324 e. The van der Waals surface area contributed by atoms with Crippen LogP contribution >= 0.6 is 12.4 Å². The van der Waals surface area contributed by atoms with E-state index in [9.17, 15) is 0 Å². The zero-order valence-corrected chi connectivity index (χ0v) is 9.10. The van der Waals surface area contributed by atoms with Gasteiger partial charge in [0, 0.05) is 6.04 Å². The number of rotatable bonds is 3. The molecule has 74 valence electrons. The first kappa shape index (κ1) is 12.5. The van der Waals surface area contributed by atoms with Gasteiger partial charge < -0.3 is 5.73 Å². The van der Waals surface area contributed by atoms with E-state index in [1.54, 1.807) is 0 Å². The molecule has 0 bridgehead atoms. The third-order valence-corrected chi connectivity index (χ3v) is 2.07. The Kier molecular flexibility index (Phi) is 5.76. The minimum absolute atomic E-state index is 0. The topological polar surface area (TPSA) is 26.0 Å². The normalized spacial score (nSPS) is 11.9. The molecule has 0 aliphatic rings. The molecule has 0 heterocycles. The molecule has 1 rings (SSSR count). The fraction of sp³-hybridized carbons (Fsp3) is 0.455. The van der Waals surface area contributed by atoms with Crippen molar-refractivity contribution in [2.45, 2.75) is 32.7 Å². The number of nitrogens with two attached hydrogens (primary N) is 1. The molecule has 1 nitrogen and oxygen atoms in total. The van der Waals surface area contributed by atoms with Crippen LogP contribution in [0.1, 0.15) is 36.9 Å². The van der Waals surface area contributed by atoms with Gasteiger partial charge in [0.05, 0.1) is 0 Å². The molecule has 0 saturated carbocycles. The number of benzene rings is 1. The number of halogens is 1. The highest BCUT2D eigenvalue weighted by molar-refractivity contribution is 5.85. The van der Waals surface area contributed by atoms with Crippen LogP contribution in [0.15, 0.2) is 24.3 Å². The molecule has 1 atom stereocenters. The van der Waals surface area contributed by atoms with E-state index < -0.39 is 0 Å². The van der Waals surface area contributed by atoms with E-state index in [0.717, 1.165) is 12.8 Å². The summed E-state index contributed by atoms with van der Waals surface area (Å²) in [5.41, 5.74) is 8.53. The first-order valence-corrected chi connectivity index (χ1v) is 4.56. The summed E-state index contributed by atoms with van der Waals surface area (Å²) in [6, 6.07) is 8.66. The van der Waals surface area contributed by atoms with Gasteiger partial charge in [-0.25, -0.2) is 0 Å². The van der Waals surface area contributed by atoms with Crippen LogP contribution in [-0.4, -0.2) is 0 Å². The maximum Gasteiger partial charge on any atom is 0.0294 e. The van der Waals surface area contributed by atoms with Crippen molar-refractivity contribution in [3.63, 3.8) is 0 Å². The molecule has 0 unspecified atom stereocenters. The summed E-state index contributed by atoms with van der Waals surface area (Å²) in [6.07, 6.45) is 2.22. The van der Waals surface area contributed by atoms with Gasteiger partial charge in [0.2, 0.25) is 0 Å². The Hall–Kier alpha value is -0.530. The fourth-order valence-electron chi connectivity index (χ4n) is 1.38. The molecular formula is C11H18ClN. The summed E-state index contributed by atoms with van der Waals surface area (Å²) in [5, 5.41) is 0. The van der Waals surface area contributed by atoms with Crippen molar-refractivity contribution in [2.75, 3.05) is 0 Å². The molecule has 1 aromatic carbocycles. The highest BCUT2D eigenvalue weighted by Gasteiger charge is 2.03. The molecule has 0 radical (unpaired) electrons. The largest absolute Gasteiger partial charge is 0.324 e. The van der Waals surface area contributed by atoms with Crippen molar-refractivity contribution in [3.8, 4) is 0 Å². The maximum absolute atomic E-state index is 5.97. The van der Waals surface area contributed by atoms with Crippen LogP contribution in [0.4, 0.5) is 0 Å². The molecule has 0 aliphatic heterocycles. The summed E-state index contributed by atoms with van der Waals surface area (Å²) >= 11 is 0. The molecule has 13 heavy (non-hydrogen) atoms. The van der Waals surface area contributed by atoms with E-state index in [2.05, 4.69) is 38.1 Å². The molecular weight excluding hydrogens is 182 g/mol. The van der Waals surface area contributed by atoms with Crippen molar-refractivity contribution in [3.05, 3.63) is 35.4 Å². The van der Waals surface area contributed by atoms with Crippen molar-refractivity contribution in [1.82, 2.24) is 0 Å². The Morgan fingerprint density at radius 1 is 1.38 bits per heavy atom. The van der Waals surface area contributed by atoms with Gasteiger partial charge in [-0.3, -0.25) is 0 Å². The quantitative estimate of drug-likeness (QED) is 0.795. The maximum atomic E-state index is 5.97. The Labute approximate surface area is 86.7 Å². The molecule has 0 spiro atoms. The molecule has 1 aromatic rings. The Morgan fingerprint density at radius 3 is 2.62 bits per heavy atom. The van der Waals surface area contributed by atoms with Crippen LogP contribution < -0.4 is 5.73 Å². The van der Waals surface area contributed by atoms with Crippen molar-refractivity contribution in [2.24, 2.45) is 5.73 Å². The standard InChI is InChI=1S/C11H17N.ClH/c1-3-5-11(12)10-7-4-6-9(2)8-10;/h4,6-8,11H,3,5,12H2,1-2H3;1H/t11-;/m0./s1. The predicted octanol–water partition coefficient (Wildman–Crippen LogP) is 3.22. The molecule has 0 fully saturated rings. The van der Waals surface area contributed by atoms with Crippen LogP contribution in [0.2, 0.25) is 0 Å². The van der Waals surface area contributed by atoms with Gasteiger partial charge in [-0.05, 0) is 18.9 Å². The van der Waals surface area contributed by atoms with Crippen molar-refractivity contribution >= 4 is 12.4 Å². The minimum atomic E-state index is 0. The van der Waals surface area contributed by atoms with Crippen LogP contribution in [0, 0.1) is 6.92 Å². The van der Waals surface area contributed by atoms with E-state index in [0.29, 0.717) is 0 Å². The van der Waals surface area contributed by atoms with Gasteiger partial charge in [-0.15, -0.1) is 12.4 Å². The number of aryl methyl sites for hydroxylation is 1. The van der Waals surface area contributed by atoms with E-state index in [4.69, 9.17) is 5.73 Å². The summed E-state index contributed by atoms with van der Waals surface area (Å²) < 4.78 is 0. The Bertz CT molecular complexity index is 248. The van der Waals surface area contributed by atoms with E-state index in [1.807, 2.05) is 0 Å². The third-order valence-electron chi connectivity index (χ3n) is 2.07. The lowest BCUT2D eigenvalue weighted by atomic mass is 10.0. The van der Waals surface area contributed by atoms with Gasteiger partial charge in [0.15, 0.2) is 0 Å². The predicted molar refractivity (Wildman–Crippen MR) is 60.3 cm³/mol. The molecule has 0 amide bonds. The second-order valence-corrected chi connectivity index (χ2v) is 3.31. The van der Waals surface area contributed by atoms with Crippen LogP contribution in [0.5, 0.6) is 0 Å². The molecule has 0 saturated heterocycles. The average Bonchev–Trinajstić information content (AvgIpc) is 2.05. The van der Waals surface area contributed by atoms with Crippen LogP contribution in [-0.2, 0) is 0 Å². The lowest BCUT2D eigenvalue weighted by Crippen LogP contribution is -2.09. The summed E-state index contributed by atoms with van der Waals surface area (Å²) in [5.74, 6) is 0. The zero-order chi connectivity index (χ0) is 8.97. The van der Waals surface area contributed by atoms with Gasteiger partial charge in [-0.2, -0.15) is 0 Å². The highest BCUT2D eigenvalue weighted by Crippen LogP contribution is 2.16. The Morgan fingerprint density at radius 2 is 2.08 bits per heavy atom. The highest BCUT2D eigenvalue weighted by atomic mass is 35.5.